The van der Waals surface area contributed by atoms with Crippen LogP contribution >= 0.6 is 11.9 Å². The van der Waals surface area contributed by atoms with Gasteiger partial charge in [-0.3, -0.25) is 0 Å². The van der Waals surface area contributed by atoms with Gasteiger partial charge >= 0.3 is 0 Å². The molecule has 0 radical (unpaired) electrons. The summed E-state index contributed by atoms with van der Waals surface area (Å²) < 4.78 is 24.9. The van der Waals surface area contributed by atoms with E-state index in [1.807, 2.05) is 30.4 Å². The molecule has 3 aromatic rings. The summed E-state index contributed by atoms with van der Waals surface area (Å²) in [6, 6.07) is 15.8. The molecule has 0 aromatic heterocycles. The first-order valence-electron chi connectivity index (χ1n) is 11.1. The highest BCUT2D eigenvalue weighted by atomic mass is 32.2. The summed E-state index contributed by atoms with van der Waals surface area (Å²) >= 11 is 1.43. The number of phenols is 1. The zero-order valence-corrected chi connectivity index (χ0v) is 22.1. The molecule has 35 heavy (non-hydrogen) atoms. The lowest BCUT2D eigenvalue weighted by molar-refractivity contribution is 0.324. The first-order valence-corrected chi connectivity index (χ1v) is 11.9. The molecule has 0 atom stereocenters. The molecule has 0 saturated heterocycles. The van der Waals surface area contributed by atoms with Gasteiger partial charge in [-0.2, -0.15) is 0 Å². The maximum atomic E-state index is 10.6. The van der Waals surface area contributed by atoms with E-state index in [0.717, 1.165) is 16.0 Å². The Bertz CT molecular complexity index is 1160. The fraction of sp³-hybridized carbons (Fsp3) is 0.286. The normalized spacial score (nSPS) is 11.4. The van der Waals surface area contributed by atoms with E-state index in [9.17, 15) is 5.11 Å². The van der Waals surface area contributed by atoms with E-state index in [1.54, 1.807) is 27.4 Å². The number of hydrogen-bond acceptors (Lipinski definition) is 7. The molecule has 6 nitrogen and oxygen atoms in total. The number of anilines is 1. The van der Waals surface area contributed by atoms with E-state index in [2.05, 4.69) is 49.8 Å². The van der Waals surface area contributed by atoms with Gasteiger partial charge in [0.15, 0.2) is 23.0 Å². The van der Waals surface area contributed by atoms with E-state index in [1.165, 1.54) is 24.6 Å². The number of benzene rings is 3. The predicted molar refractivity (Wildman–Crippen MR) is 144 cm³/mol. The van der Waals surface area contributed by atoms with Crippen molar-refractivity contribution in [3.63, 3.8) is 0 Å². The smallest absolute Gasteiger partial charge is 0.203 e. The van der Waals surface area contributed by atoms with Gasteiger partial charge in [0, 0.05) is 4.90 Å². The van der Waals surface area contributed by atoms with Gasteiger partial charge in [0.25, 0.3) is 0 Å². The molecule has 0 aliphatic carbocycles. The number of aromatic hydroxyl groups is 1. The molecular formula is C28H33NO5S. The van der Waals surface area contributed by atoms with Crippen molar-refractivity contribution in [1.82, 2.24) is 0 Å². The fourth-order valence-electron chi connectivity index (χ4n) is 3.49. The van der Waals surface area contributed by atoms with E-state index < -0.39 is 0 Å². The molecule has 186 valence electrons. The number of rotatable bonds is 9. The van der Waals surface area contributed by atoms with Crippen molar-refractivity contribution in [1.29, 1.82) is 0 Å². The highest BCUT2D eigenvalue weighted by Gasteiger charge is 2.15. The molecule has 3 aromatic carbocycles. The van der Waals surface area contributed by atoms with Gasteiger partial charge in [-0.05, 0) is 70.5 Å². The lowest BCUT2D eigenvalue weighted by atomic mass is 9.87. The van der Waals surface area contributed by atoms with Crippen molar-refractivity contribution in [2.45, 2.75) is 31.1 Å². The van der Waals surface area contributed by atoms with Gasteiger partial charge in [0.05, 0.1) is 34.1 Å². The number of nitrogens with one attached hydrogen (secondary N) is 1. The third-order valence-electron chi connectivity index (χ3n) is 5.47. The van der Waals surface area contributed by atoms with Crippen LogP contribution in [0.25, 0.3) is 12.2 Å². The van der Waals surface area contributed by atoms with Crippen LogP contribution in [0.1, 0.15) is 37.5 Å². The second-order valence-electron chi connectivity index (χ2n) is 8.89. The maximum Gasteiger partial charge on any atom is 0.203 e. The Morgan fingerprint density at radius 1 is 0.743 bits per heavy atom. The highest BCUT2D eigenvalue weighted by molar-refractivity contribution is 8.00. The summed E-state index contributed by atoms with van der Waals surface area (Å²) in [5.41, 5.74) is 3.64. The average Bonchev–Trinajstić information content (AvgIpc) is 2.86. The number of methoxy groups -OCH3 is 4. The molecule has 0 bridgehead atoms. The Hall–Kier alpha value is -3.45. The topological polar surface area (TPSA) is 69.2 Å². The zero-order chi connectivity index (χ0) is 25.6. The van der Waals surface area contributed by atoms with Crippen molar-refractivity contribution in [2.75, 3.05) is 33.2 Å². The summed E-state index contributed by atoms with van der Waals surface area (Å²) in [5.74, 6) is 2.12. The summed E-state index contributed by atoms with van der Waals surface area (Å²) in [6.07, 6.45) is 3.86. The molecule has 7 heteroatoms. The molecule has 0 heterocycles. The van der Waals surface area contributed by atoms with Gasteiger partial charge in [-0.1, -0.05) is 45.1 Å². The van der Waals surface area contributed by atoms with Crippen molar-refractivity contribution in [3.8, 4) is 28.7 Å². The molecule has 3 rings (SSSR count). The average molecular weight is 496 g/mol. The molecule has 0 unspecified atom stereocenters. The van der Waals surface area contributed by atoms with Crippen molar-refractivity contribution < 1.29 is 24.1 Å². The molecule has 0 aliphatic heterocycles. The minimum absolute atomic E-state index is 0.0521. The van der Waals surface area contributed by atoms with Crippen LogP contribution in [0, 0.1) is 0 Å². The minimum atomic E-state index is 0.0521. The summed E-state index contributed by atoms with van der Waals surface area (Å²) in [4.78, 5) is 1.04. The second-order valence-corrected chi connectivity index (χ2v) is 9.77. The largest absolute Gasteiger partial charge is 0.503 e. The third-order valence-corrected chi connectivity index (χ3v) is 6.30. The van der Waals surface area contributed by atoms with Gasteiger partial charge in [-0.25, -0.2) is 0 Å². The third kappa shape index (κ3) is 6.36. The predicted octanol–water partition coefficient (Wildman–Crippen LogP) is 7.01. The zero-order valence-electron chi connectivity index (χ0n) is 21.3. The summed E-state index contributed by atoms with van der Waals surface area (Å²) in [7, 11) is 6.28. The number of ether oxygens (including phenoxy) is 4. The van der Waals surface area contributed by atoms with Gasteiger partial charge in [0.2, 0.25) is 5.75 Å². The van der Waals surface area contributed by atoms with E-state index in [-0.39, 0.29) is 11.2 Å². The lowest BCUT2D eigenvalue weighted by Crippen LogP contribution is -2.10. The molecule has 0 fully saturated rings. The monoisotopic (exact) mass is 495 g/mol. The Balaban J connectivity index is 1.85. The van der Waals surface area contributed by atoms with Crippen molar-refractivity contribution in [2.24, 2.45) is 0 Å². The quantitative estimate of drug-likeness (QED) is 0.188. The van der Waals surface area contributed by atoms with Crippen LogP contribution in [-0.2, 0) is 5.41 Å². The van der Waals surface area contributed by atoms with Crippen molar-refractivity contribution >= 4 is 29.8 Å². The first kappa shape index (κ1) is 26.2. The van der Waals surface area contributed by atoms with Crippen LogP contribution in [0.2, 0.25) is 0 Å². The molecule has 0 spiro atoms. The summed E-state index contributed by atoms with van der Waals surface area (Å²) in [6.45, 7) is 6.57. The highest BCUT2D eigenvalue weighted by Crippen LogP contribution is 2.40. The fourth-order valence-corrected chi connectivity index (χ4v) is 4.14. The Morgan fingerprint density at radius 2 is 1.26 bits per heavy atom. The molecule has 0 aliphatic rings. The number of phenolic OH excluding ortho intramolecular Hbond substituents is 1. The second kappa shape index (κ2) is 11.3. The van der Waals surface area contributed by atoms with Crippen molar-refractivity contribution in [3.05, 3.63) is 65.2 Å². The Kier molecular flexibility index (Phi) is 8.46. The van der Waals surface area contributed by atoms with Crippen LogP contribution in [0.5, 0.6) is 28.7 Å². The number of hydrogen-bond donors (Lipinski definition) is 2. The summed E-state index contributed by atoms with van der Waals surface area (Å²) in [5, 5.41) is 10.6. The maximum absolute atomic E-state index is 10.6. The van der Waals surface area contributed by atoms with Crippen LogP contribution in [0.3, 0.4) is 0 Å². The van der Waals surface area contributed by atoms with Gasteiger partial charge in [0.1, 0.15) is 0 Å². The molecule has 0 amide bonds. The van der Waals surface area contributed by atoms with Gasteiger partial charge in [-0.15, -0.1) is 0 Å². The molecule has 2 N–H and O–H groups in total. The first-order chi connectivity index (χ1) is 16.7. The van der Waals surface area contributed by atoms with Crippen LogP contribution < -0.4 is 23.7 Å². The Morgan fingerprint density at radius 3 is 1.74 bits per heavy atom. The molecular weight excluding hydrogens is 462 g/mol. The van der Waals surface area contributed by atoms with E-state index in [0.29, 0.717) is 28.7 Å². The minimum Gasteiger partial charge on any atom is -0.503 e. The molecule has 0 saturated carbocycles. The van der Waals surface area contributed by atoms with Crippen LogP contribution in [0.4, 0.5) is 5.69 Å². The van der Waals surface area contributed by atoms with E-state index in [4.69, 9.17) is 18.9 Å². The standard InChI is InChI=1S/C28H33NO5S/c1-28(2,3)20-10-12-21(13-11-20)35-29-22-14-18(15-23(31-4)26(22)30)8-9-19-16-24(32-5)27(34-7)25(17-19)33-6/h8-17,29-30H,1-7H3/b9-8-. The SMILES string of the molecule is COc1cc(/C=C\c2cc(OC)c(OC)c(OC)c2)cc(NSc2ccc(C(C)(C)C)cc2)c1O. The Labute approximate surface area is 212 Å². The van der Waals surface area contributed by atoms with Gasteiger partial charge < -0.3 is 28.8 Å². The lowest BCUT2D eigenvalue weighted by Gasteiger charge is -2.19. The van der Waals surface area contributed by atoms with Crippen LogP contribution in [0.15, 0.2) is 53.4 Å². The van der Waals surface area contributed by atoms with Crippen LogP contribution in [-0.4, -0.2) is 33.5 Å². The van der Waals surface area contributed by atoms with E-state index >= 15 is 0 Å².